The van der Waals surface area contributed by atoms with Gasteiger partial charge in [0.1, 0.15) is 23.0 Å². The number of carboxylic acids is 1. The van der Waals surface area contributed by atoms with Crippen molar-refractivity contribution in [3.63, 3.8) is 0 Å². The standard InChI is InChI=1S/C20H22N4O8/c1-4-5-12(27)32-7-6-23-19(30)13(9(2)21-23)15-17(28)16(18(15)29)14-10(3)22-24(20(14)31)8-11(25)26/h16,21H,2,4-8H2,1,3H3,(H2,22,25,26,31)/p+1. The molecular weight excluding hydrogens is 424 g/mol. The highest BCUT2D eigenvalue weighted by Crippen LogP contribution is 2.34. The van der Waals surface area contributed by atoms with Crippen molar-refractivity contribution in [3.05, 3.63) is 32.2 Å². The number of rotatable bonds is 8. The minimum atomic E-state index is -1.39. The number of carboxylic acid groups (broad SMARTS) is 1. The van der Waals surface area contributed by atoms with E-state index in [1.807, 2.05) is 6.92 Å². The van der Waals surface area contributed by atoms with E-state index in [9.17, 15) is 29.1 Å². The van der Waals surface area contributed by atoms with Gasteiger partial charge in [-0.3, -0.25) is 29.1 Å². The molecule has 170 valence electrons. The number of aromatic nitrogens is 4. The maximum absolute atomic E-state index is 12.8. The van der Waals surface area contributed by atoms with Crippen molar-refractivity contribution in [1.29, 1.82) is 0 Å². The molecule has 0 aromatic carbocycles. The highest BCUT2D eigenvalue weighted by molar-refractivity contribution is 6.59. The minimum absolute atomic E-state index is 0.0397. The summed E-state index contributed by atoms with van der Waals surface area (Å²) < 4.78 is 7.03. The lowest BCUT2D eigenvalue weighted by Gasteiger charge is -2.24. The summed E-state index contributed by atoms with van der Waals surface area (Å²) in [4.78, 5) is 60.5. The fourth-order valence-corrected chi connectivity index (χ4v) is 3.66. The molecule has 0 aliphatic heterocycles. The van der Waals surface area contributed by atoms with Gasteiger partial charge >= 0.3 is 17.8 Å². The Kier molecular flexibility index (Phi) is 6.14. The first-order valence-electron chi connectivity index (χ1n) is 9.87. The summed E-state index contributed by atoms with van der Waals surface area (Å²) in [6, 6.07) is 0. The molecule has 1 aliphatic rings. The molecule has 0 amide bonds. The Labute approximate surface area is 180 Å². The van der Waals surface area contributed by atoms with Crippen LogP contribution in [0.25, 0.3) is 12.2 Å². The third-order valence-corrected chi connectivity index (χ3v) is 5.11. The van der Waals surface area contributed by atoms with Gasteiger partial charge in [0.25, 0.3) is 5.56 Å². The lowest BCUT2D eigenvalue weighted by atomic mass is 9.72. The molecule has 0 spiro atoms. The number of esters is 1. The number of aromatic hydroxyl groups is 1. The van der Waals surface area contributed by atoms with E-state index >= 15 is 0 Å². The second-order valence-electron chi connectivity index (χ2n) is 7.38. The van der Waals surface area contributed by atoms with Crippen molar-refractivity contribution in [2.75, 3.05) is 6.61 Å². The van der Waals surface area contributed by atoms with Crippen LogP contribution in [-0.4, -0.2) is 55.2 Å². The lowest BCUT2D eigenvalue weighted by Crippen LogP contribution is -2.46. The van der Waals surface area contributed by atoms with Crippen molar-refractivity contribution in [2.24, 2.45) is 0 Å². The van der Waals surface area contributed by atoms with Crippen LogP contribution in [0.15, 0.2) is 4.79 Å². The van der Waals surface area contributed by atoms with Crippen LogP contribution in [-0.2, 0) is 37.0 Å². The number of H-pyrrole nitrogens is 2. The van der Waals surface area contributed by atoms with Gasteiger partial charge in [-0.1, -0.05) is 18.2 Å². The quantitative estimate of drug-likeness (QED) is 0.199. The van der Waals surface area contributed by atoms with Crippen LogP contribution in [0.1, 0.15) is 36.9 Å². The number of hydrogen-bond acceptors (Lipinski definition) is 7. The number of Topliss-reactive ketones (excluding diaryl/α,β-unsaturated/α-hetero) is 2. The molecule has 1 aliphatic carbocycles. The topological polar surface area (TPSA) is 175 Å². The molecule has 12 heteroatoms. The van der Waals surface area contributed by atoms with Crippen molar-refractivity contribution in [2.45, 2.75) is 45.7 Å². The number of aryl methyl sites for hydroxylation is 1. The van der Waals surface area contributed by atoms with Gasteiger partial charge in [0.2, 0.25) is 6.54 Å². The van der Waals surface area contributed by atoms with Crippen molar-refractivity contribution < 1.29 is 38.8 Å². The number of aromatic amines is 2. The third-order valence-electron chi connectivity index (χ3n) is 5.11. The summed E-state index contributed by atoms with van der Waals surface area (Å²) in [6.45, 7) is 6.36. The summed E-state index contributed by atoms with van der Waals surface area (Å²) in [7, 11) is 0. The average Bonchev–Trinajstić information content (AvgIpc) is 3.13. The van der Waals surface area contributed by atoms with Crippen molar-refractivity contribution in [1.82, 2.24) is 14.9 Å². The first kappa shape index (κ1) is 22.7. The molecule has 12 nitrogen and oxygen atoms in total. The third kappa shape index (κ3) is 3.86. The van der Waals surface area contributed by atoms with E-state index in [0.29, 0.717) is 6.42 Å². The normalized spacial score (nSPS) is 15.7. The number of carbonyl (C=O) groups excluding carboxylic acids is 3. The summed E-state index contributed by atoms with van der Waals surface area (Å²) in [5, 5.41) is 24.7. The average molecular weight is 447 g/mol. The van der Waals surface area contributed by atoms with E-state index in [4.69, 9.17) is 9.84 Å². The number of nitrogens with one attached hydrogen (secondary N) is 2. The number of ether oxygens (including phenoxy) is 1. The van der Waals surface area contributed by atoms with Crippen LogP contribution in [0.2, 0.25) is 0 Å². The van der Waals surface area contributed by atoms with Crippen molar-refractivity contribution in [3.8, 4) is 5.88 Å². The molecule has 0 radical (unpaired) electrons. The van der Waals surface area contributed by atoms with Crippen molar-refractivity contribution >= 4 is 35.7 Å². The number of aliphatic carboxylic acids is 1. The summed E-state index contributed by atoms with van der Waals surface area (Å²) >= 11 is 0. The van der Waals surface area contributed by atoms with Gasteiger partial charge < -0.3 is 14.9 Å². The number of hydrogen-bond donors (Lipinski definition) is 4. The second-order valence-corrected chi connectivity index (χ2v) is 7.38. The van der Waals surface area contributed by atoms with Gasteiger partial charge in [0, 0.05) is 12.1 Å². The summed E-state index contributed by atoms with van der Waals surface area (Å²) in [5.41, 5.74) is -0.992. The van der Waals surface area contributed by atoms with Crippen LogP contribution in [0, 0.1) is 6.92 Å². The van der Waals surface area contributed by atoms with E-state index in [1.54, 1.807) is 0 Å². The Morgan fingerprint density at radius 2 is 1.91 bits per heavy atom. The van der Waals surface area contributed by atoms with E-state index < -0.39 is 41.4 Å². The Hall–Kier alpha value is -3.96. The maximum Gasteiger partial charge on any atom is 0.399 e. The zero-order chi connectivity index (χ0) is 23.7. The molecule has 1 fully saturated rings. The molecule has 0 atom stereocenters. The van der Waals surface area contributed by atoms with Crippen LogP contribution in [0.4, 0.5) is 0 Å². The van der Waals surface area contributed by atoms with Crippen LogP contribution in [0.5, 0.6) is 5.88 Å². The number of ketones is 2. The summed E-state index contributed by atoms with van der Waals surface area (Å²) in [6.07, 6.45) is 0.904. The van der Waals surface area contributed by atoms with Gasteiger partial charge in [0.15, 0.2) is 18.2 Å². The largest absolute Gasteiger partial charge is 0.480 e. The second kappa shape index (κ2) is 8.65. The first-order chi connectivity index (χ1) is 15.1. The van der Waals surface area contributed by atoms with Crippen LogP contribution < -0.4 is 20.8 Å². The molecule has 4 N–H and O–H groups in total. The molecule has 1 saturated carbocycles. The zero-order valence-electron chi connectivity index (χ0n) is 17.6. The zero-order valence-corrected chi connectivity index (χ0v) is 17.6. The highest BCUT2D eigenvalue weighted by atomic mass is 16.5. The van der Waals surface area contributed by atoms with Crippen LogP contribution >= 0.6 is 0 Å². The molecule has 0 saturated heterocycles. The molecule has 32 heavy (non-hydrogen) atoms. The SMILES string of the molecule is C=c1[nH][n+](CCOC(=O)CCC)c(O)c1=C1C(=O)C(c2c(C)[nH]n(CC(=O)O)c2=O)C1=O. The number of carbonyl (C=O) groups is 4. The predicted molar refractivity (Wildman–Crippen MR) is 107 cm³/mol. The summed E-state index contributed by atoms with van der Waals surface area (Å²) in [5.74, 6) is -4.82. The van der Waals surface area contributed by atoms with Gasteiger partial charge in [0.05, 0.1) is 11.1 Å². The monoisotopic (exact) mass is 447 g/mol. The minimum Gasteiger partial charge on any atom is -0.480 e. The van der Waals surface area contributed by atoms with Gasteiger partial charge in [-0.2, -0.15) is 5.10 Å². The Morgan fingerprint density at radius 1 is 1.25 bits per heavy atom. The highest BCUT2D eigenvalue weighted by Gasteiger charge is 2.49. The molecule has 2 aromatic rings. The van der Waals surface area contributed by atoms with E-state index in [2.05, 4.69) is 16.8 Å². The molecular formula is C20H23N4O8+. The van der Waals surface area contributed by atoms with E-state index in [1.165, 1.54) is 11.6 Å². The van der Waals surface area contributed by atoms with Crippen LogP contribution in [0.3, 0.4) is 0 Å². The fraction of sp³-hybridized carbons (Fsp3) is 0.400. The number of nitrogens with zero attached hydrogens (tertiary/aromatic N) is 2. The van der Waals surface area contributed by atoms with E-state index in [0.717, 1.165) is 4.68 Å². The Morgan fingerprint density at radius 3 is 2.50 bits per heavy atom. The molecule has 3 rings (SSSR count). The van der Waals surface area contributed by atoms with Gasteiger partial charge in [-0.05, 0) is 13.3 Å². The van der Waals surface area contributed by atoms with Gasteiger partial charge in [-0.25, -0.2) is 4.68 Å². The Balaban J connectivity index is 1.91. The molecule has 0 unspecified atom stereocenters. The van der Waals surface area contributed by atoms with Gasteiger partial charge in [-0.15, -0.1) is 0 Å². The van der Waals surface area contributed by atoms with E-state index in [-0.39, 0.29) is 52.9 Å². The lowest BCUT2D eigenvalue weighted by molar-refractivity contribution is -0.756. The molecule has 0 bridgehead atoms. The molecule has 2 heterocycles. The fourth-order valence-electron chi connectivity index (χ4n) is 3.66. The molecule has 2 aromatic heterocycles. The maximum atomic E-state index is 12.8. The Bertz CT molecular complexity index is 1280. The smallest absolute Gasteiger partial charge is 0.399 e. The predicted octanol–water partition coefficient (Wildman–Crippen LogP) is -2.27. The first-order valence-corrected chi connectivity index (χ1v) is 9.87.